The van der Waals surface area contributed by atoms with Gasteiger partial charge < -0.3 is 14.8 Å². The number of ether oxygens (including phenoxy) is 2. The molecule has 1 fully saturated rings. The van der Waals surface area contributed by atoms with E-state index in [1.165, 1.54) is 24.3 Å². The maximum absolute atomic E-state index is 13.1. The number of guanidine groups is 1. The van der Waals surface area contributed by atoms with Crippen LogP contribution in [0.4, 0.5) is 10.1 Å². The lowest BCUT2D eigenvalue weighted by molar-refractivity contribution is 0.0975. The van der Waals surface area contributed by atoms with Crippen molar-refractivity contribution in [2.45, 2.75) is 25.9 Å². The van der Waals surface area contributed by atoms with Crippen molar-refractivity contribution in [3.05, 3.63) is 59.4 Å². The molecule has 1 unspecified atom stereocenters. The number of carbonyl (C=O) groups excluding carboxylic acids is 1. The summed E-state index contributed by atoms with van der Waals surface area (Å²) in [6.45, 7) is 3.13. The number of rotatable bonds is 5. The van der Waals surface area contributed by atoms with E-state index in [0.29, 0.717) is 23.5 Å². The fourth-order valence-electron chi connectivity index (χ4n) is 2.92. The first-order valence-corrected chi connectivity index (χ1v) is 9.20. The lowest BCUT2D eigenvalue weighted by Crippen LogP contribution is -2.37. The van der Waals surface area contributed by atoms with Gasteiger partial charge in [-0.15, -0.1) is 0 Å². The number of nitrogens with one attached hydrogen (secondary N) is 2. The predicted molar refractivity (Wildman–Crippen MR) is 106 cm³/mol. The molecule has 2 aromatic carbocycles. The van der Waals surface area contributed by atoms with Gasteiger partial charge in [-0.2, -0.15) is 0 Å². The van der Waals surface area contributed by atoms with Crippen molar-refractivity contribution in [2.75, 3.05) is 25.6 Å². The highest BCUT2D eigenvalue weighted by molar-refractivity contribution is 6.10. The van der Waals surface area contributed by atoms with Crippen molar-refractivity contribution in [3.63, 3.8) is 0 Å². The van der Waals surface area contributed by atoms with Crippen LogP contribution in [0.5, 0.6) is 5.75 Å². The summed E-state index contributed by atoms with van der Waals surface area (Å²) in [4.78, 5) is 17.1. The van der Waals surface area contributed by atoms with Gasteiger partial charge in [-0.3, -0.25) is 10.1 Å². The molecule has 1 heterocycles. The summed E-state index contributed by atoms with van der Waals surface area (Å²) < 4.78 is 24.1. The van der Waals surface area contributed by atoms with E-state index in [1.54, 1.807) is 7.11 Å². The van der Waals surface area contributed by atoms with Gasteiger partial charge in [0, 0.05) is 12.2 Å². The molecule has 7 heteroatoms. The molecular weight excluding hydrogens is 361 g/mol. The monoisotopic (exact) mass is 385 g/mol. The Labute approximate surface area is 163 Å². The zero-order valence-electron chi connectivity index (χ0n) is 16.0. The minimum atomic E-state index is -0.397. The number of hydrogen-bond acceptors (Lipinski definition) is 4. The minimum absolute atomic E-state index is 0.0407. The van der Waals surface area contributed by atoms with Gasteiger partial charge in [0.1, 0.15) is 11.6 Å². The van der Waals surface area contributed by atoms with Crippen LogP contribution in [0.3, 0.4) is 0 Å². The molecule has 1 aliphatic heterocycles. The van der Waals surface area contributed by atoms with Crippen LogP contribution in [0.1, 0.15) is 28.8 Å². The van der Waals surface area contributed by atoms with E-state index < -0.39 is 5.82 Å². The second-order valence-corrected chi connectivity index (χ2v) is 6.61. The maximum atomic E-state index is 13.1. The average molecular weight is 385 g/mol. The largest absolute Gasteiger partial charge is 0.495 e. The maximum Gasteiger partial charge on any atom is 0.257 e. The van der Waals surface area contributed by atoms with E-state index in [9.17, 15) is 9.18 Å². The highest BCUT2D eigenvalue weighted by Gasteiger charge is 2.17. The van der Waals surface area contributed by atoms with Crippen LogP contribution < -0.4 is 15.4 Å². The van der Waals surface area contributed by atoms with Crippen molar-refractivity contribution >= 4 is 17.6 Å². The average Bonchev–Trinajstić information content (AvgIpc) is 3.20. The SMILES string of the molecule is COc1ccc(C)cc1NC(=NCC1CCCO1)NC(=O)c1ccc(F)cc1. The quantitative estimate of drug-likeness (QED) is 0.610. The Morgan fingerprint density at radius 3 is 2.75 bits per heavy atom. The van der Waals surface area contributed by atoms with Crippen molar-refractivity contribution in [3.8, 4) is 5.75 Å². The van der Waals surface area contributed by atoms with Crippen LogP contribution in [-0.4, -0.2) is 38.2 Å². The number of nitrogens with zero attached hydrogens (tertiary/aromatic N) is 1. The van der Waals surface area contributed by atoms with Crippen molar-refractivity contribution in [1.82, 2.24) is 5.32 Å². The Morgan fingerprint density at radius 1 is 1.29 bits per heavy atom. The van der Waals surface area contributed by atoms with Crippen LogP contribution >= 0.6 is 0 Å². The highest BCUT2D eigenvalue weighted by atomic mass is 19.1. The van der Waals surface area contributed by atoms with Gasteiger partial charge in [-0.25, -0.2) is 9.38 Å². The molecule has 0 aromatic heterocycles. The standard InChI is InChI=1S/C21H24FN3O3/c1-14-5-10-19(27-2)18(12-14)24-21(23-13-17-4-3-11-28-17)25-20(26)15-6-8-16(22)9-7-15/h5-10,12,17H,3-4,11,13H2,1-2H3,(H2,23,24,25,26). The van der Waals surface area contributed by atoms with Gasteiger partial charge in [0.25, 0.3) is 5.91 Å². The number of halogens is 1. The summed E-state index contributed by atoms with van der Waals surface area (Å²) in [5.74, 6) is 0.136. The van der Waals surface area contributed by atoms with Crippen molar-refractivity contribution in [2.24, 2.45) is 4.99 Å². The van der Waals surface area contributed by atoms with Crippen molar-refractivity contribution in [1.29, 1.82) is 0 Å². The van der Waals surface area contributed by atoms with Gasteiger partial charge in [0.2, 0.25) is 5.96 Å². The van der Waals surface area contributed by atoms with E-state index in [2.05, 4.69) is 15.6 Å². The number of hydrogen-bond donors (Lipinski definition) is 2. The van der Waals surface area contributed by atoms with E-state index in [1.807, 2.05) is 25.1 Å². The third kappa shape index (κ3) is 5.29. The molecule has 2 N–H and O–H groups in total. The Hall–Kier alpha value is -2.93. The fraction of sp³-hybridized carbons (Fsp3) is 0.333. The first-order chi connectivity index (χ1) is 13.5. The lowest BCUT2D eigenvalue weighted by atomic mass is 10.2. The Morgan fingerprint density at radius 2 is 2.07 bits per heavy atom. The van der Waals surface area contributed by atoms with Gasteiger partial charge in [0.05, 0.1) is 25.4 Å². The molecule has 148 valence electrons. The molecule has 0 spiro atoms. The summed E-state index contributed by atoms with van der Waals surface area (Å²) in [6.07, 6.45) is 1.99. The second-order valence-electron chi connectivity index (χ2n) is 6.61. The number of benzene rings is 2. The third-order valence-electron chi connectivity index (χ3n) is 4.42. The van der Waals surface area contributed by atoms with Gasteiger partial charge in [-0.05, 0) is 61.7 Å². The molecular formula is C21H24FN3O3. The Bertz CT molecular complexity index is 846. The van der Waals surface area contributed by atoms with E-state index in [0.717, 1.165) is 25.0 Å². The first kappa shape index (κ1) is 19.8. The second kappa shape index (κ2) is 9.32. The zero-order valence-corrected chi connectivity index (χ0v) is 16.0. The normalized spacial score (nSPS) is 16.7. The zero-order chi connectivity index (χ0) is 19.9. The number of aliphatic imine (C=N–C) groups is 1. The van der Waals surface area contributed by atoms with Crippen molar-refractivity contribution < 1.29 is 18.7 Å². The summed E-state index contributed by atoms with van der Waals surface area (Å²) in [5.41, 5.74) is 2.06. The van der Waals surface area contributed by atoms with Gasteiger partial charge in [0.15, 0.2) is 0 Å². The number of amides is 1. The molecule has 1 aliphatic rings. The number of methoxy groups -OCH3 is 1. The molecule has 1 amide bonds. The molecule has 1 atom stereocenters. The topological polar surface area (TPSA) is 71.9 Å². The molecule has 0 bridgehead atoms. The Balaban J connectivity index is 1.80. The van der Waals surface area contributed by atoms with Crippen LogP contribution in [-0.2, 0) is 4.74 Å². The van der Waals surface area contributed by atoms with Crippen LogP contribution in [0, 0.1) is 12.7 Å². The predicted octanol–water partition coefficient (Wildman–Crippen LogP) is 3.52. The Kier molecular flexibility index (Phi) is 6.60. The molecule has 3 rings (SSSR count). The summed E-state index contributed by atoms with van der Waals surface area (Å²) in [5, 5.41) is 5.90. The van der Waals surface area contributed by atoms with Gasteiger partial charge >= 0.3 is 0 Å². The summed E-state index contributed by atoms with van der Waals surface area (Å²) in [7, 11) is 1.58. The van der Waals surface area contributed by atoms with Crippen LogP contribution in [0.15, 0.2) is 47.5 Å². The fourth-order valence-corrected chi connectivity index (χ4v) is 2.92. The van der Waals surface area contributed by atoms with E-state index in [4.69, 9.17) is 9.47 Å². The van der Waals surface area contributed by atoms with Gasteiger partial charge in [-0.1, -0.05) is 6.07 Å². The molecule has 2 aromatic rings. The van der Waals surface area contributed by atoms with E-state index >= 15 is 0 Å². The number of carbonyl (C=O) groups is 1. The summed E-state index contributed by atoms with van der Waals surface area (Å²) in [6, 6.07) is 11.0. The van der Waals surface area contributed by atoms with E-state index in [-0.39, 0.29) is 18.0 Å². The first-order valence-electron chi connectivity index (χ1n) is 9.20. The molecule has 0 radical (unpaired) electrons. The third-order valence-corrected chi connectivity index (χ3v) is 4.42. The molecule has 0 aliphatic carbocycles. The molecule has 28 heavy (non-hydrogen) atoms. The smallest absolute Gasteiger partial charge is 0.257 e. The number of anilines is 1. The molecule has 6 nitrogen and oxygen atoms in total. The highest BCUT2D eigenvalue weighted by Crippen LogP contribution is 2.25. The minimum Gasteiger partial charge on any atom is -0.495 e. The number of aryl methyl sites for hydroxylation is 1. The molecule has 0 saturated carbocycles. The molecule has 1 saturated heterocycles. The van der Waals surface area contributed by atoms with Crippen LogP contribution in [0.2, 0.25) is 0 Å². The van der Waals surface area contributed by atoms with Crippen LogP contribution in [0.25, 0.3) is 0 Å². The lowest BCUT2D eigenvalue weighted by Gasteiger charge is -2.16. The summed E-state index contributed by atoms with van der Waals surface area (Å²) >= 11 is 0.